The third-order valence-electron chi connectivity index (χ3n) is 4.93. The van der Waals surface area contributed by atoms with Gasteiger partial charge >= 0.3 is 0 Å². The number of thiazole rings is 1. The zero-order valence-electron chi connectivity index (χ0n) is 17.8. The van der Waals surface area contributed by atoms with Crippen molar-refractivity contribution < 1.29 is 9.53 Å². The van der Waals surface area contributed by atoms with E-state index in [1.54, 1.807) is 30.5 Å². The fraction of sp³-hybridized carbons (Fsp3) is 0.208. The van der Waals surface area contributed by atoms with E-state index in [0.29, 0.717) is 22.9 Å². The predicted molar refractivity (Wildman–Crippen MR) is 125 cm³/mol. The van der Waals surface area contributed by atoms with Gasteiger partial charge in [-0.15, -0.1) is 16.4 Å². The molecule has 1 N–H and O–H groups in total. The first kappa shape index (κ1) is 22.2. The maximum absolute atomic E-state index is 12.3. The molecule has 0 unspecified atom stereocenters. The van der Waals surface area contributed by atoms with E-state index in [1.807, 2.05) is 34.5 Å². The number of benzene rings is 2. The Morgan fingerprint density at radius 3 is 2.67 bits per heavy atom. The zero-order chi connectivity index (χ0) is 22.9. The molecule has 0 spiro atoms. The number of hydrogen-bond acceptors (Lipinski definition) is 7. The number of nitrogens with one attached hydrogen (secondary N) is 1. The summed E-state index contributed by atoms with van der Waals surface area (Å²) in [5.41, 5.74) is 2.99. The Morgan fingerprint density at radius 1 is 1.12 bits per heavy atom. The lowest BCUT2D eigenvalue weighted by molar-refractivity contribution is 0.102. The van der Waals surface area contributed by atoms with Crippen molar-refractivity contribution >= 4 is 22.4 Å². The molecule has 2 heterocycles. The highest BCUT2D eigenvalue weighted by atomic mass is 32.1. The molecule has 0 aliphatic heterocycles. The molecule has 2 aromatic carbocycles. The van der Waals surface area contributed by atoms with Crippen molar-refractivity contribution in [1.29, 1.82) is 5.26 Å². The lowest BCUT2D eigenvalue weighted by Gasteiger charge is -2.06. The molecule has 0 aliphatic carbocycles. The van der Waals surface area contributed by atoms with E-state index in [-0.39, 0.29) is 5.91 Å². The molecule has 9 heteroatoms. The van der Waals surface area contributed by atoms with Crippen LogP contribution in [0.1, 0.15) is 40.0 Å². The van der Waals surface area contributed by atoms with Crippen LogP contribution in [0.3, 0.4) is 0 Å². The first-order valence-electron chi connectivity index (χ1n) is 10.5. The molecule has 0 bridgehead atoms. The average molecular weight is 459 g/mol. The van der Waals surface area contributed by atoms with Crippen molar-refractivity contribution in [3.63, 3.8) is 0 Å². The molecular formula is C24H22N6O2S. The Labute approximate surface area is 195 Å². The van der Waals surface area contributed by atoms with Gasteiger partial charge in [0.2, 0.25) is 0 Å². The number of rotatable bonds is 10. The largest absolute Gasteiger partial charge is 0.487 e. The SMILES string of the molecule is N#Cc1ccc(C(=O)Nc2nc(COc3ccc(CCCCn4ccnn4)cc3)cs2)cc1. The minimum absolute atomic E-state index is 0.266. The van der Waals surface area contributed by atoms with E-state index < -0.39 is 0 Å². The molecule has 166 valence electrons. The summed E-state index contributed by atoms with van der Waals surface area (Å²) < 4.78 is 7.68. The number of nitriles is 1. The van der Waals surface area contributed by atoms with Crippen molar-refractivity contribution in [3.8, 4) is 11.8 Å². The smallest absolute Gasteiger partial charge is 0.257 e. The normalized spacial score (nSPS) is 10.5. The maximum atomic E-state index is 12.3. The average Bonchev–Trinajstić information content (AvgIpc) is 3.53. The number of amides is 1. The highest BCUT2D eigenvalue weighted by molar-refractivity contribution is 7.13. The minimum Gasteiger partial charge on any atom is -0.487 e. The lowest BCUT2D eigenvalue weighted by atomic mass is 10.1. The summed E-state index contributed by atoms with van der Waals surface area (Å²) in [6.45, 7) is 1.20. The highest BCUT2D eigenvalue weighted by Crippen LogP contribution is 2.20. The van der Waals surface area contributed by atoms with Gasteiger partial charge in [-0.3, -0.25) is 14.8 Å². The Bertz CT molecular complexity index is 1210. The van der Waals surface area contributed by atoms with Crippen LogP contribution in [0.2, 0.25) is 0 Å². The number of aryl methyl sites for hydroxylation is 2. The number of unbranched alkanes of at least 4 members (excludes halogenated alkanes) is 1. The molecule has 33 heavy (non-hydrogen) atoms. The number of ether oxygens (including phenoxy) is 1. The van der Waals surface area contributed by atoms with Crippen LogP contribution in [0.5, 0.6) is 5.75 Å². The van der Waals surface area contributed by atoms with Gasteiger partial charge < -0.3 is 4.74 Å². The standard InChI is InChI=1S/C24H22N6O2S/c25-15-19-4-8-20(9-5-19)23(31)28-24-27-21(17-33-24)16-32-22-10-6-18(7-11-22)3-1-2-13-30-14-12-26-29-30/h4-12,14,17H,1-3,13,16H2,(H,27,28,31). The molecule has 0 saturated heterocycles. The first-order valence-corrected chi connectivity index (χ1v) is 11.4. The maximum Gasteiger partial charge on any atom is 0.257 e. The Balaban J connectivity index is 1.20. The second-order valence-electron chi connectivity index (χ2n) is 7.34. The summed E-state index contributed by atoms with van der Waals surface area (Å²) in [5.74, 6) is 0.510. The van der Waals surface area contributed by atoms with Crippen LogP contribution >= 0.6 is 11.3 Å². The van der Waals surface area contributed by atoms with E-state index >= 15 is 0 Å². The molecular weight excluding hydrogens is 436 g/mol. The number of aromatic nitrogens is 4. The third-order valence-corrected chi connectivity index (χ3v) is 5.74. The molecule has 4 aromatic rings. The topological polar surface area (TPSA) is 106 Å². The summed E-state index contributed by atoms with van der Waals surface area (Å²) in [7, 11) is 0. The molecule has 8 nitrogen and oxygen atoms in total. The van der Waals surface area contributed by atoms with Crippen molar-refractivity contribution in [1.82, 2.24) is 20.0 Å². The fourth-order valence-electron chi connectivity index (χ4n) is 3.16. The molecule has 0 atom stereocenters. The van der Waals surface area contributed by atoms with E-state index in [0.717, 1.165) is 37.3 Å². The number of carbonyl (C=O) groups excluding carboxylic acids is 1. The van der Waals surface area contributed by atoms with Crippen LogP contribution in [-0.4, -0.2) is 25.9 Å². The van der Waals surface area contributed by atoms with Gasteiger partial charge in [-0.2, -0.15) is 5.26 Å². The quantitative estimate of drug-likeness (QED) is 0.352. The van der Waals surface area contributed by atoms with Crippen LogP contribution in [-0.2, 0) is 19.6 Å². The molecule has 0 saturated carbocycles. The van der Waals surface area contributed by atoms with Gasteiger partial charge in [0.25, 0.3) is 5.91 Å². The predicted octanol–water partition coefficient (Wildman–Crippen LogP) is 4.46. The Hall–Kier alpha value is -4.03. The monoisotopic (exact) mass is 458 g/mol. The fourth-order valence-corrected chi connectivity index (χ4v) is 3.85. The first-order chi connectivity index (χ1) is 16.2. The van der Waals surface area contributed by atoms with Crippen molar-refractivity contribution in [3.05, 3.63) is 88.7 Å². The lowest BCUT2D eigenvalue weighted by Crippen LogP contribution is -2.11. The van der Waals surface area contributed by atoms with Crippen LogP contribution in [0.15, 0.2) is 66.3 Å². The van der Waals surface area contributed by atoms with Crippen LogP contribution in [0, 0.1) is 11.3 Å². The van der Waals surface area contributed by atoms with Crippen molar-refractivity contribution in [2.24, 2.45) is 0 Å². The van der Waals surface area contributed by atoms with Crippen LogP contribution < -0.4 is 10.1 Å². The molecule has 1 amide bonds. The molecule has 2 aromatic heterocycles. The van der Waals surface area contributed by atoms with Crippen molar-refractivity contribution in [2.45, 2.75) is 32.4 Å². The zero-order valence-corrected chi connectivity index (χ0v) is 18.7. The van der Waals surface area contributed by atoms with E-state index in [1.165, 1.54) is 16.9 Å². The van der Waals surface area contributed by atoms with Gasteiger partial charge in [0.05, 0.1) is 23.5 Å². The van der Waals surface area contributed by atoms with Crippen LogP contribution in [0.4, 0.5) is 5.13 Å². The van der Waals surface area contributed by atoms with Gasteiger partial charge in [0.15, 0.2) is 5.13 Å². The Morgan fingerprint density at radius 2 is 1.94 bits per heavy atom. The third kappa shape index (κ3) is 6.48. The second-order valence-corrected chi connectivity index (χ2v) is 8.20. The van der Waals surface area contributed by atoms with Gasteiger partial charge in [0, 0.05) is 23.7 Å². The van der Waals surface area contributed by atoms with Gasteiger partial charge in [-0.25, -0.2) is 4.98 Å². The molecule has 0 fully saturated rings. The molecule has 4 rings (SSSR count). The number of anilines is 1. The minimum atomic E-state index is -0.266. The Kier molecular flexibility index (Phi) is 7.40. The van der Waals surface area contributed by atoms with E-state index in [9.17, 15) is 4.79 Å². The van der Waals surface area contributed by atoms with Crippen LogP contribution in [0.25, 0.3) is 0 Å². The number of carbonyl (C=O) groups is 1. The van der Waals surface area contributed by atoms with Crippen molar-refractivity contribution in [2.75, 3.05) is 5.32 Å². The van der Waals surface area contributed by atoms with E-state index in [4.69, 9.17) is 10.00 Å². The van der Waals surface area contributed by atoms with Gasteiger partial charge in [-0.1, -0.05) is 17.3 Å². The van der Waals surface area contributed by atoms with E-state index in [2.05, 4.69) is 32.7 Å². The summed E-state index contributed by atoms with van der Waals surface area (Å²) in [4.78, 5) is 16.7. The number of nitrogens with zero attached hydrogens (tertiary/aromatic N) is 5. The summed E-state index contributed by atoms with van der Waals surface area (Å²) in [6.07, 6.45) is 6.70. The van der Waals surface area contributed by atoms with Gasteiger partial charge in [0.1, 0.15) is 12.4 Å². The molecule has 0 aliphatic rings. The summed E-state index contributed by atoms with van der Waals surface area (Å²) in [6, 6.07) is 16.6. The molecule has 0 radical (unpaired) electrons. The summed E-state index contributed by atoms with van der Waals surface area (Å²) >= 11 is 1.34. The summed E-state index contributed by atoms with van der Waals surface area (Å²) in [5, 5.41) is 21.8. The van der Waals surface area contributed by atoms with Gasteiger partial charge in [-0.05, 0) is 61.2 Å². The number of hydrogen-bond donors (Lipinski definition) is 1. The second kappa shape index (κ2) is 11.0. The highest BCUT2D eigenvalue weighted by Gasteiger charge is 2.10.